The second kappa shape index (κ2) is 5.95. The van der Waals surface area contributed by atoms with E-state index in [9.17, 15) is 9.59 Å². The van der Waals surface area contributed by atoms with E-state index in [0.29, 0.717) is 12.2 Å². The second-order valence-corrected chi connectivity index (χ2v) is 6.61. The van der Waals surface area contributed by atoms with Crippen LogP contribution < -0.4 is 0 Å². The number of thioether (sulfide) groups is 1. The lowest BCUT2D eigenvalue weighted by Gasteiger charge is -2.22. The maximum absolute atomic E-state index is 11.5. The molecule has 1 fully saturated rings. The summed E-state index contributed by atoms with van der Waals surface area (Å²) in [4.78, 5) is 22.8. The molecule has 104 valence electrons. The second-order valence-electron chi connectivity index (χ2n) is 5.62. The van der Waals surface area contributed by atoms with Crippen molar-refractivity contribution in [3.05, 3.63) is 0 Å². The highest BCUT2D eigenvalue weighted by atomic mass is 32.2. The predicted octanol–water partition coefficient (Wildman–Crippen LogP) is 2.26. The van der Waals surface area contributed by atoms with E-state index in [1.54, 1.807) is 11.8 Å². The predicted molar refractivity (Wildman–Crippen MR) is 71.4 cm³/mol. The Kier molecular flexibility index (Phi) is 5.08. The van der Waals surface area contributed by atoms with Gasteiger partial charge in [0, 0.05) is 5.75 Å². The van der Waals surface area contributed by atoms with E-state index in [-0.39, 0.29) is 17.4 Å². The largest absolute Gasteiger partial charge is 0.469 e. The molecule has 0 radical (unpaired) electrons. The molecule has 0 saturated heterocycles. The minimum atomic E-state index is -0.471. The minimum absolute atomic E-state index is 0.115. The number of hydrogen-bond acceptors (Lipinski definition) is 5. The van der Waals surface area contributed by atoms with Gasteiger partial charge in [-0.1, -0.05) is 0 Å². The summed E-state index contributed by atoms with van der Waals surface area (Å²) >= 11 is 1.72. The molecular formula is C13H22O4S. The molecule has 0 aromatic rings. The van der Waals surface area contributed by atoms with Gasteiger partial charge in [-0.05, 0) is 37.9 Å². The molecule has 4 nitrogen and oxygen atoms in total. The average molecular weight is 274 g/mol. The smallest absolute Gasteiger partial charge is 0.312 e. The summed E-state index contributed by atoms with van der Waals surface area (Å²) in [5, 5.41) is 0. The van der Waals surface area contributed by atoms with Gasteiger partial charge in [0.25, 0.3) is 0 Å². The van der Waals surface area contributed by atoms with Gasteiger partial charge >= 0.3 is 11.9 Å². The van der Waals surface area contributed by atoms with Gasteiger partial charge in [0.05, 0.1) is 26.1 Å². The summed E-state index contributed by atoms with van der Waals surface area (Å²) in [5.74, 6) is 1.29. The third-order valence-corrected chi connectivity index (χ3v) is 5.06. The first-order valence-corrected chi connectivity index (χ1v) is 7.24. The van der Waals surface area contributed by atoms with Gasteiger partial charge in [0.1, 0.15) is 0 Å². The highest BCUT2D eigenvalue weighted by Crippen LogP contribution is 2.51. The van der Waals surface area contributed by atoms with Crippen molar-refractivity contribution in [3.63, 3.8) is 0 Å². The number of ether oxygens (including phenoxy) is 2. The molecular weight excluding hydrogens is 252 g/mol. The lowest BCUT2D eigenvalue weighted by Crippen LogP contribution is -2.28. The van der Waals surface area contributed by atoms with E-state index in [4.69, 9.17) is 9.47 Å². The van der Waals surface area contributed by atoms with Crippen LogP contribution in [0.15, 0.2) is 0 Å². The fourth-order valence-corrected chi connectivity index (χ4v) is 3.34. The Morgan fingerprint density at radius 1 is 1.22 bits per heavy atom. The summed E-state index contributed by atoms with van der Waals surface area (Å²) in [6, 6.07) is 0. The van der Waals surface area contributed by atoms with Crippen LogP contribution in [-0.2, 0) is 19.1 Å². The van der Waals surface area contributed by atoms with E-state index in [1.807, 2.05) is 13.8 Å². The number of hydrogen-bond donors (Lipinski definition) is 0. The standard InChI is InChI=1S/C13H22O4S/c1-12(2,11(15)17-4)8-18-9-13(5-6-13)7-10(14)16-3/h5-9H2,1-4H3. The van der Waals surface area contributed by atoms with Crippen LogP contribution >= 0.6 is 11.8 Å². The molecule has 1 saturated carbocycles. The first-order valence-electron chi connectivity index (χ1n) is 6.08. The highest BCUT2D eigenvalue weighted by Gasteiger charge is 2.45. The van der Waals surface area contributed by atoms with Gasteiger partial charge in [-0.3, -0.25) is 9.59 Å². The van der Waals surface area contributed by atoms with E-state index in [0.717, 1.165) is 18.6 Å². The van der Waals surface area contributed by atoms with Crippen LogP contribution in [0, 0.1) is 10.8 Å². The molecule has 0 aliphatic heterocycles. The Balaban J connectivity index is 2.34. The molecule has 0 aromatic heterocycles. The quantitative estimate of drug-likeness (QED) is 0.667. The van der Waals surface area contributed by atoms with Gasteiger partial charge in [-0.25, -0.2) is 0 Å². The molecule has 0 aromatic carbocycles. The number of esters is 2. The third kappa shape index (κ3) is 4.19. The van der Waals surface area contributed by atoms with Crippen molar-refractivity contribution < 1.29 is 19.1 Å². The number of rotatable bonds is 7. The molecule has 1 rings (SSSR count). The van der Waals surface area contributed by atoms with Crippen LogP contribution in [0.4, 0.5) is 0 Å². The molecule has 1 aliphatic carbocycles. The van der Waals surface area contributed by atoms with Crippen LogP contribution in [0.2, 0.25) is 0 Å². The fourth-order valence-electron chi connectivity index (χ4n) is 1.79. The van der Waals surface area contributed by atoms with Crippen LogP contribution in [-0.4, -0.2) is 37.7 Å². The zero-order chi connectivity index (χ0) is 13.8. The number of carbonyl (C=O) groups excluding carboxylic acids is 2. The van der Waals surface area contributed by atoms with Crippen molar-refractivity contribution in [1.82, 2.24) is 0 Å². The molecule has 0 unspecified atom stereocenters. The first kappa shape index (κ1) is 15.3. The topological polar surface area (TPSA) is 52.6 Å². The monoisotopic (exact) mass is 274 g/mol. The van der Waals surface area contributed by atoms with Gasteiger partial charge in [-0.15, -0.1) is 0 Å². The Bertz CT molecular complexity index is 321. The molecule has 0 bridgehead atoms. The Hall–Kier alpha value is -0.710. The Morgan fingerprint density at radius 2 is 1.83 bits per heavy atom. The maximum Gasteiger partial charge on any atom is 0.312 e. The first-order chi connectivity index (χ1) is 8.35. The summed E-state index contributed by atoms with van der Waals surface area (Å²) in [5.41, 5.74) is -0.356. The van der Waals surface area contributed by atoms with E-state index in [2.05, 4.69) is 0 Å². The number of methoxy groups -OCH3 is 2. The van der Waals surface area contributed by atoms with Gasteiger partial charge < -0.3 is 9.47 Å². The van der Waals surface area contributed by atoms with E-state index < -0.39 is 5.41 Å². The molecule has 0 N–H and O–H groups in total. The van der Waals surface area contributed by atoms with Crippen LogP contribution in [0.3, 0.4) is 0 Å². The van der Waals surface area contributed by atoms with Crippen molar-refractivity contribution >= 4 is 23.7 Å². The summed E-state index contributed by atoms with van der Waals surface area (Å²) in [6.45, 7) is 3.76. The van der Waals surface area contributed by atoms with E-state index >= 15 is 0 Å². The van der Waals surface area contributed by atoms with Crippen molar-refractivity contribution in [1.29, 1.82) is 0 Å². The van der Waals surface area contributed by atoms with Crippen LogP contribution in [0.1, 0.15) is 33.1 Å². The lowest BCUT2D eigenvalue weighted by molar-refractivity contribution is -0.149. The molecule has 0 heterocycles. The van der Waals surface area contributed by atoms with Crippen molar-refractivity contribution in [2.75, 3.05) is 25.7 Å². The molecule has 5 heteroatoms. The van der Waals surface area contributed by atoms with E-state index in [1.165, 1.54) is 14.2 Å². The lowest BCUT2D eigenvalue weighted by atomic mass is 9.97. The maximum atomic E-state index is 11.5. The molecule has 0 spiro atoms. The van der Waals surface area contributed by atoms with Crippen molar-refractivity contribution in [2.45, 2.75) is 33.1 Å². The summed E-state index contributed by atoms with van der Waals surface area (Å²) in [7, 11) is 2.83. The van der Waals surface area contributed by atoms with Crippen molar-refractivity contribution in [2.24, 2.45) is 10.8 Å². The zero-order valence-electron chi connectivity index (χ0n) is 11.6. The summed E-state index contributed by atoms with van der Waals surface area (Å²) in [6.07, 6.45) is 2.65. The third-order valence-electron chi connectivity index (χ3n) is 3.31. The minimum Gasteiger partial charge on any atom is -0.469 e. The molecule has 1 aliphatic rings. The SMILES string of the molecule is COC(=O)CC1(CSCC(C)(C)C(=O)OC)CC1. The van der Waals surface area contributed by atoms with Crippen molar-refractivity contribution in [3.8, 4) is 0 Å². The highest BCUT2D eigenvalue weighted by molar-refractivity contribution is 7.99. The fraction of sp³-hybridized carbons (Fsp3) is 0.846. The Labute approximate surface area is 113 Å². The normalized spacial score (nSPS) is 17.1. The van der Waals surface area contributed by atoms with Crippen LogP contribution in [0.5, 0.6) is 0 Å². The van der Waals surface area contributed by atoms with Gasteiger partial charge in [0.15, 0.2) is 0 Å². The molecule has 18 heavy (non-hydrogen) atoms. The van der Waals surface area contributed by atoms with Gasteiger partial charge in [-0.2, -0.15) is 11.8 Å². The van der Waals surface area contributed by atoms with Crippen LogP contribution in [0.25, 0.3) is 0 Å². The molecule has 0 amide bonds. The average Bonchev–Trinajstić information content (AvgIpc) is 3.07. The Morgan fingerprint density at radius 3 is 2.28 bits per heavy atom. The summed E-state index contributed by atoms with van der Waals surface area (Å²) < 4.78 is 9.48. The zero-order valence-corrected chi connectivity index (χ0v) is 12.4. The van der Waals surface area contributed by atoms with Gasteiger partial charge in [0.2, 0.25) is 0 Å². The number of carbonyl (C=O) groups is 2. The molecule has 0 atom stereocenters.